The molecule has 2 bridgehead atoms. The zero-order valence-electron chi connectivity index (χ0n) is 13.3. The van der Waals surface area contributed by atoms with Crippen LogP contribution in [-0.2, 0) is 17.6 Å². The fourth-order valence-corrected chi connectivity index (χ4v) is 4.95. The Balaban J connectivity index is 1.57. The minimum Gasteiger partial charge on any atom is -0.368 e. The first-order valence-electron chi connectivity index (χ1n) is 8.75. The van der Waals surface area contributed by atoms with Crippen LogP contribution in [0.1, 0.15) is 31.0 Å². The van der Waals surface area contributed by atoms with Crippen molar-refractivity contribution in [2.24, 2.45) is 5.41 Å². The number of rotatable bonds is 1. The molecule has 4 unspecified atom stereocenters. The van der Waals surface area contributed by atoms with E-state index in [1.54, 1.807) is 5.56 Å². The fraction of sp³-hybridized carbons (Fsp3) is 0.579. The number of ether oxygens (including phenoxy) is 1. The maximum absolute atomic E-state index is 6.03. The zero-order valence-corrected chi connectivity index (χ0v) is 13.3. The number of nitrogens with one attached hydrogen (secondary N) is 1. The smallest absolute Gasteiger partial charge is 0.0974 e. The molecule has 0 radical (unpaired) electrons. The molecule has 0 saturated carbocycles. The fourth-order valence-electron chi connectivity index (χ4n) is 4.95. The summed E-state index contributed by atoms with van der Waals surface area (Å²) in [6, 6.07) is 8.79. The van der Waals surface area contributed by atoms with E-state index in [0.717, 1.165) is 19.4 Å². The number of piperidine rings is 1. The third kappa shape index (κ3) is 1.82. The summed E-state index contributed by atoms with van der Waals surface area (Å²) < 4.78 is 6.03. The average molecular weight is 296 g/mol. The standard InChI is InChI=1S/C19H24N2O/c1-2-19-9-7-16-14(13-5-3-4-6-15(13)20-16)8-10-21(12-19)11-17-18(19)22-17/h3-6,17-18,20H,2,7-12H2,1H3. The highest BCUT2D eigenvalue weighted by Crippen LogP contribution is 2.49. The van der Waals surface area contributed by atoms with E-state index in [4.69, 9.17) is 4.74 Å². The van der Waals surface area contributed by atoms with Crippen LogP contribution in [0.15, 0.2) is 24.3 Å². The van der Waals surface area contributed by atoms with E-state index in [1.807, 2.05) is 0 Å². The van der Waals surface area contributed by atoms with Crippen LogP contribution in [0, 0.1) is 5.41 Å². The SMILES string of the molecule is CCC12CCc3[nH]c4ccccc4c3CCN(CC3OC31)C2. The number of hydrogen-bond acceptors (Lipinski definition) is 2. The molecule has 4 heterocycles. The number of aromatic nitrogens is 1. The minimum atomic E-state index is 0.377. The number of H-pyrrole nitrogens is 1. The Kier molecular flexibility index (Phi) is 2.74. The van der Waals surface area contributed by atoms with Crippen molar-refractivity contribution in [1.29, 1.82) is 0 Å². The van der Waals surface area contributed by atoms with E-state index < -0.39 is 0 Å². The molecule has 3 aliphatic rings. The first-order valence-corrected chi connectivity index (χ1v) is 8.75. The second kappa shape index (κ2) is 4.59. The van der Waals surface area contributed by atoms with E-state index in [2.05, 4.69) is 41.1 Å². The van der Waals surface area contributed by atoms with Gasteiger partial charge in [0.2, 0.25) is 0 Å². The van der Waals surface area contributed by atoms with Gasteiger partial charge in [-0.25, -0.2) is 0 Å². The van der Waals surface area contributed by atoms with Crippen LogP contribution in [0.25, 0.3) is 10.9 Å². The van der Waals surface area contributed by atoms with E-state index in [1.165, 1.54) is 42.5 Å². The Morgan fingerprint density at radius 3 is 3.14 bits per heavy atom. The molecular formula is C19H24N2O. The molecule has 0 amide bonds. The Morgan fingerprint density at radius 2 is 2.23 bits per heavy atom. The molecule has 3 aliphatic heterocycles. The number of epoxide rings is 1. The lowest BCUT2D eigenvalue weighted by Crippen LogP contribution is -2.48. The van der Waals surface area contributed by atoms with E-state index >= 15 is 0 Å². The summed E-state index contributed by atoms with van der Waals surface area (Å²) in [7, 11) is 0. The van der Waals surface area contributed by atoms with Gasteiger partial charge in [0.1, 0.15) is 0 Å². The van der Waals surface area contributed by atoms with Crippen LogP contribution in [0.3, 0.4) is 0 Å². The molecule has 3 heteroatoms. The van der Waals surface area contributed by atoms with Crippen LogP contribution in [0.4, 0.5) is 0 Å². The van der Waals surface area contributed by atoms with Crippen molar-refractivity contribution in [3.63, 3.8) is 0 Å². The van der Waals surface area contributed by atoms with Gasteiger partial charge < -0.3 is 9.72 Å². The molecule has 22 heavy (non-hydrogen) atoms. The van der Waals surface area contributed by atoms with Gasteiger partial charge in [-0.1, -0.05) is 25.1 Å². The summed E-state index contributed by atoms with van der Waals surface area (Å²) in [4.78, 5) is 6.36. The Hall–Kier alpha value is -1.32. The maximum atomic E-state index is 6.03. The van der Waals surface area contributed by atoms with Gasteiger partial charge in [-0.15, -0.1) is 0 Å². The summed E-state index contributed by atoms with van der Waals surface area (Å²) in [5.41, 5.74) is 4.71. The quantitative estimate of drug-likeness (QED) is 0.820. The molecule has 3 nitrogen and oxygen atoms in total. The van der Waals surface area contributed by atoms with Crippen molar-refractivity contribution in [2.75, 3.05) is 19.6 Å². The number of para-hydroxylation sites is 1. The highest BCUT2D eigenvalue weighted by Gasteiger charge is 2.57. The lowest BCUT2D eigenvalue weighted by Gasteiger charge is -2.39. The molecule has 1 aromatic heterocycles. The predicted molar refractivity (Wildman–Crippen MR) is 88.1 cm³/mol. The van der Waals surface area contributed by atoms with Gasteiger partial charge >= 0.3 is 0 Å². The van der Waals surface area contributed by atoms with Crippen molar-refractivity contribution in [1.82, 2.24) is 9.88 Å². The van der Waals surface area contributed by atoms with Crippen molar-refractivity contribution >= 4 is 10.9 Å². The Bertz CT molecular complexity index is 721. The lowest BCUT2D eigenvalue weighted by molar-refractivity contribution is 0.0955. The number of aromatic amines is 1. The number of aryl methyl sites for hydroxylation is 1. The van der Waals surface area contributed by atoms with Crippen LogP contribution in [0.5, 0.6) is 0 Å². The van der Waals surface area contributed by atoms with E-state index in [9.17, 15) is 0 Å². The molecule has 2 fully saturated rings. The molecule has 2 aromatic rings. The molecule has 1 aromatic carbocycles. The summed E-state index contributed by atoms with van der Waals surface area (Å²) in [6.45, 7) is 5.90. The second-order valence-corrected chi connectivity index (χ2v) is 7.42. The van der Waals surface area contributed by atoms with Crippen LogP contribution >= 0.6 is 0 Å². The first kappa shape index (κ1) is 13.1. The molecule has 0 spiro atoms. The second-order valence-electron chi connectivity index (χ2n) is 7.42. The predicted octanol–water partition coefficient (Wildman–Crippen LogP) is 3.14. The number of hydrogen-bond donors (Lipinski definition) is 1. The van der Waals surface area contributed by atoms with Crippen LogP contribution in [0.2, 0.25) is 0 Å². The summed E-state index contributed by atoms with van der Waals surface area (Å²) in [5, 5.41) is 1.43. The van der Waals surface area contributed by atoms with Gasteiger partial charge in [0.15, 0.2) is 0 Å². The highest BCUT2D eigenvalue weighted by atomic mass is 16.6. The number of nitrogens with zero attached hydrogens (tertiary/aromatic N) is 1. The van der Waals surface area contributed by atoms with Crippen molar-refractivity contribution in [2.45, 2.75) is 44.8 Å². The van der Waals surface area contributed by atoms with Crippen molar-refractivity contribution in [3.05, 3.63) is 35.5 Å². The Morgan fingerprint density at radius 1 is 1.32 bits per heavy atom. The van der Waals surface area contributed by atoms with Crippen LogP contribution < -0.4 is 0 Å². The summed E-state index contributed by atoms with van der Waals surface area (Å²) in [6.07, 6.45) is 5.86. The topological polar surface area (TPSA) is 31.6 Å². The number of fused-ring (bicyclic) bond motifs is 7. The third-order valence-electron chi connectivity index (χ3n) is 6.32. The third-order valence-corrected chi connectivity index (χ3v) is 6.32. The van der Waals surface area contributed by atoms with Crippen molar-refractivity contribution < 1.29 is 4.74 Å². The van der Waals surface area contributed by atoms with Crippen molar-refractivity contribution in [3.8, 4) is 0 Å². The summed E-state index contributed by atoms with van der Waals surface area (Å²) >= 11 is 0. The Labute approximate surface area is 131 Å². The molecular weight excluding hydrogens is 272 g/mol. The molecule has 1 N–H and O–H groups in total. The first-order chi connectivity index (χ1) is 10.8. The van der Waals surface area contributed by atoms with Gasteiger partial charge in [0, 0.05) is 41.6 Å². The average Bonchev–Trinajstić information content (AvgIpc) is 3.23. The number of benzene rings is 1. The van der Waals surface area contributed by atoms with Crippen LogP contribution in [-0.4, -0.2) is 41.7 Å². The van der Waals surface area contributed by atoms with Gasteiger partial charge in [0.25, 0.3) is 0 Å². The molecule has 4 atom stereocenters. The van der Waals surface area contributed by atoms with Gasteiger partial charge in [-0.3, -0.25) is 4.90 Å². The zero-order chi connectivity index (χ0) is 14.7. The largest absolute Gasteiger partial charge is 0.368 e. The highest BCUT2D eigenvalue weighted by molar-refractivity contribution is 5.84. The minimum absolute atomic E-state index is 0.377. The van der Waals surface area contributed by atoms with E-state index in [0.29, 0.717) is 17.6 Å². The molecule has 5 rings (SSSR count). The van der Waals surface area contributed by atoms with Gasteiger partial charge in [0.05, 0.1) is 12.2 Å². The summed E-state index contributed by atoms with van der Waals surface area (Å²) in [5.74, 6) is 0. The monoisotopic (exact) mass is 296 g/mol. The van der Waals surface area contributed by atoms with Gasteiger partial charge in [-0.2, -0.15) is 0 Å². The lowest BCUT2D eigenvalue weighted by atomic mass is 9.73. The maximum Gasteiger partial charge on any atom is 0.0974 e. The molecule has 2 saturated heterocycles. The molecule has 0 aliphatic carbocycles. The molecule has 116 valence electrons. The van der Waals surface area contributed by atoms with Gasteiger partial charge in [-0.05, 0) is 37.3 Å². The van der Waals surface area contributed by atoms with E-state index in [-0.39, 0.29) is 0 Å². The normalized spacial score (nSPS) is 36.9.